The third-order valence-corrected chi connectivity index (χ3v) is 3.74. The van der Waals surface area contributed by atoms with Crippen LogP contribution in [0.25, 0.3) is 0 Å². The molecule has 6 heteroatoms. The van der Waals surface area contributed by atoms with Gasteiger partial charge in [0.15, 0.2) is 0 Å². The molecule has 5 nitrogen and oxygen atoms in total. The van der Waals surface area contributed by atoms with Crippen LogP contribution in [-0.2, 0) is 9.59 Å². The predicted molar refractivity (Wildman–Crippen MR) is 98.9 cm³/mol. The molecule has 0 bridgehead atoms. The molecular formula is C18H20ClN3O2. The normalized spacial score (nSPS) is 10.2. The Morgan fingerprint density at radius 1 is 0.958 bits per heavy atom. The molecule has 0 fully saturated rings. The first-order valence-corrected chi connectivity index (χ1v) is 7.85. The monoisotopic (exact) mass is 345 g/mol. The molecule has 0 aliphatic rings. The molecule has 0 saturated carbocycles. The van der Waals surface area contributed by atoms with Crippen LogP contribution in [0.4, 0.5) is 17.1 Å². The van der Waals surface area contributed by atoms with Crippen LogP contribution in [0.2, 0.25) is 5.02 Å². The Hall–Kier alpha value is -2.53. The zero-order valence-corrected chi connectivity index (χ0v) is 14.7. The summed E-state index contributed by atoms with van der Waals surface area (Å²) in [6.07, 6.45) is 0. The number of nitrogens with zero attached hydrogens (tertiary/aromatic N) is 2. The standard InChI is InChI=1S/C18H20ClN3O2/c1-13(23)22(17-10-8-16(9-11-17)21(2)3)12-18(24)20-15-6-4-14(19)5-7-15/h4-11H,12H2,1-3H3,(H,20,24). The van der Waals surface area contributed by atoms with Crippen LogP contribution in [-0.4, -0.2) is 32.5 Å². The van der Waals surface area contributed by atoms with E-state index in [1.54, 1.807) is 24.3 Å². The highest BCUT2D eigenvalue weighted by Gasteiger charge is 2.16. The molecule has 2 aromatic carbocycles. The van der Waals surface area contributed by atoms with E-state index in [2.05, 4.69) is 5.32 Å². The van der Waals surface area contributed by atoms with Crippen LogP contribution < -0.4 is 15.1 Å². The van der Waals surface area contributed by atoms with Crippen molar-refractivity contribution in [3.05, 3.63) is 53.6 Å². The molecule has 1 N–H and O–H groups in total. The lowest BCUT2D eigenvalue weighted by Gasteiger charge is -2.22. The SMILES string of the molecule is CC(=O)N(CC(=O)Nc1ccc(Cl)cc1)c1ccc(N(C)C)cc1. The third kappa shape index (κ3) is 4.73. The Balaban J connectivity index is 2.08. The number of halogens is 1. The number of hydrogen-bond acceptors (Lipinski definition) is 3. The Bertz CT molecular complexity index is 712. The second-order valence-electron chi connectivity index (χ2n) is 5.57. The third-order valence-electron chi connectivity index (χ3n) is 3.49. The number of hydrogen-bond donors (Lipinski definition) is 1. The van der Waals surface area contributed by atoms with Crippen LogP contribution >= 0.6 is 11.6 Å². The summed E-state index contributed by atoms with van der Waals surface area (Å²) < 4.78 is 0. The van der Waals surface area contributed by atoms with Crippen molar-refractivity contribution in [2.45, 2.75) is 6.92 Å². The van der Waals surface area contributed by atoms with E-state index in [9.17, 15) is 9.59 Å². The summed E-state index contributed by atoms with van der Waals surface area (Å²) in [5.74, 6) is -0.469. The fourth-order valence-corrected chi connectivity index (χ4v) is 2.32. The summed E-state index contributed by atoms with van der Waals surface area (Å²) in [4.78, 5) is 27.5. The highest BCUT2D eigenvalue weighted by Crippen LogP contribution is 2.20. The molecule has 0 heterocycles. The summed E-state index contributed by atoms with van der Waals surface area (Å²) in [6.45, 7) is 1.38. The van der Waals surface area contributed by atoms with Gasteiger partial charge < -0.3 is 15.1 Å². The van der Waals surface area contributed by atoms with Crippen LogP contribution in [0.1, 0.15) is 6.92 Å². The zero-order valence-electron chi connectivity index (χ0n) is 13.9. The number of amides is 2. The van der Waals surface area contributed by atoms with E-state index in [4.69, 9.17) is 11.6 Å². The van der Waals surface area contributed by atoms with Crippen LogP contribution in [0, 0.1) is 0 Å². The maximum Gasteiger partial charge on any atom is 0.244 e. The zero-order chi connectivity index (χ0) is 17.7. The van der Waals surface area contributed by atoms with Crippen molar-refractivity contribution in [1.82, 2.24) is 0 Å². The van der Waals surface area contributed by atoms with Gasteiger partial charge >= 0.3 is 0 Å². The maximum atomic E-state index is 12.2. The van der Waals surface area contributed by atoms with Gasteiger partial charge in [-0.15, -0.1) is 0 Å². The summed E-state index contributed by atoms with van der Waals surface area (Å²) in [5, 5.41) is 3.35. The topological polar surface area (TPSA) is 52.7 Å². The van der Waals surface area contributed by atoms with Crippen LogP contribution in [0.5, 0.6) is 0 Å². The summed E-state index contributed by atoms with van der Waals surface area (Å²) in [6, 6.07) is 14.3. The number of carbonyl (C=O) groups is 2. The highest BCUT2D eigenvalue weighted by atomic mass is 35.5. The molecule has 24 heavy (non-hydrogen) atoms. The van der Waals surface area contributed by atoms with Gasteiger partial charge in [-0.05, 0) is 48.5 Å². The lowest BCUT2D eigenvalue weighted by Crippen LogP contribution is -2.36. The number of nitrogens with one attached hydrogen (secondary N) is 1. The van der Waals surface area contributed by atoms with E-state index < -0.39 is 0 Å². The van der Waals surface area contributed by atoms with Gasteiger partial charge in [0, 0.05) is 43.1 Å². The second kappa shape index (κ2) is 7.84. The Kier molecular flexibility index (Phi) is 5.82. The smallest absolute Gasteiger partial charge is 0.244 e. The summed E-state index contributed by atoms with van der Waals surface area (Å²) in [7, 11) is 3.88. The Morgan fingerprint density at radius 2 is 1.50 bits per heavy atom. The quantitative estimate of drug-likeness (QED) is 0.903. The molecule has 0 aromatic heterocycles. The lowest BCUT2D eigenvalue weighted by molar-refractivity contribution is -0.120. The van der Waals surface area contributed by atoms with E-state index >= 15 is 0 Å². The minimum atomic E-state index is -0.274. The highest BCUT2D eigenvalue weighted by molar-refractivity contribution is 6.30. The number of rotatable bonds is 5. The minimum Gasteiger partial charge on any atom is -0.378 e. The van der Waals surface area contributed by atoms with E-state index in [1.807, 2.05) is 43.3 Å². The largest absolute Gasteiger partial charge is 0.378 e. The molecule has 0 saturated heterocycles. The molecule has 2 amide bonds. The first kappa shape index (κ1) is 17.8. The van der Waals surface area contributed by atoms with Gasteiger partial charge in [0.25, 0.3) is 0 Å². The van der Waals surface area contributed by atoms with Crippen molar-refractivity contribution in [2.75, 3.05) is 35.8 Å². The molecule has 0 aliphatic heterocycles. The van der Waals surface area contributed by atoms with E-state index in [-0.39, 0.29) is 18.4 Å². The van der Waals surface area contributed by atoms with Crippen molar-refractivity contribution < 1.29 is 9.59 Å². The van der Waals surface area contributed by atoms with Gasteiger partial charge in [0.1, 0.15) is 6.54 Å². The van der Waals surface area contributed by atoms with E-state index in [0.29, 0.717) is 16.4 Å². The molecular weight excluding hydrogens is 326 g/mol. The first-order valence-electron chi connectivity index (χ1n) is 7.47. The molecule has 126 valence electrons. The second-order valence-corrected chi connectivity index (χ2v) is 6.01. The van der Waals surface area contributed by atoms with Crippen molar-refractivity contribution in [3.63, 3.8) is 0 Å². The number of benzene rings is 2. The molecule has 0 unspecified atom stereocenters. The van der Waals surface area contributed by atoms with Gasteiger partial charge in [0.05, 0.1) is 0 Å². The van der Waals surface area contributed by atoms with Gasteiger partial charge in [-0.25, -0.2) is 0 Å². The van der Waals surface area contributed by atoms with Gasteiger partial charge in [-0.1, -0.05) is 11.6 Å². The fraction of sp³-hybridized carbons (Fsp3) is 0.222. The van der Waals surface area contributed by atoms with E-state index in [1.165, 1.54) is 11.8 Å². The van der Waals surface area contributed by atoms with Gasteiger partial charge in [0.2, 0.25) is 11.8 Å². The minimum absolute atomic E-state index is 0.0563. The number of anilines is 3. The summed E-state index contributed by atoms with van der Waals surface area (Å²) >= 11 is 5.82. The van der Waals surface area contributed by atoms with E-state index in [0.717, 1.165) is 5.69 Å². The van der Waals surface area contributed by atoms with Gasteiger partial charge in [-0.2, -0.15) is 0 Å². The molecule has 0 radical (unpaired) electrons. The molecule has 0 atom stereocenters. The molecule has 0 aliphatic carbocycles. The van der Waals surface area contributed by atoms with Crippen LogP contribution in [0.3, 0.4) is 0 Å². The average molecular weight is 346 g/mol. The predicted octanol–water partition coefficient (Wildman–Crippen LogP) is 3.40. The fourth-order valence-electron chi connectivity index (χ4n) is 2.19. The van der Waals surface area contributed by atoms with Gasteiger partial charge in [-0.3, -0.25) is 9.59 Å². The first-order chi connectivity index (χ1) is 11.4. The molecule has 0 spiro atoms. The van der Waals surface area contributed by atoms with Crippen molar-refractivity contribution in [3.8, 4) is 0 Å². The van der Waals surface area contributed by atoms with Crippen molar-refractivity contribution >= 4 is 40.5 Å². The van der Waals surface area contributed by atoms with Crippen LogP contribution in [0.15, 0.2) is 48.5 Å². The maximum absolute atomic E-state index is 12.2. The average Bonchev–Trinajstić information content (AvgIpc) is 2.54. The lowest BCUT2D eigenvalue weighted by atomic mass is 10.2. The van der Waals surface area contributed by atoms with Crippen molar-refractivity contribution in [2.24, 2.45) is 0 Å². The molecule has 2 rings (SSSR count). The molecule has 2 aromatic rings. The van der Waals surface area contributed by atoms with Crippen molar-refractivity contribution in [1.29, 1.82) is 0 Å². The Morgan fingerprint density at radius 3 is 2.00 bits per heavy atom. The summed E-state index contributed by atoms with van der Waals surface area (Å²) in [5.41, 5.74) is 2.34. The number of carbonyl (C=O) groups excluding carboxylic acids is 2. The Labute approximate surface area is 146 Å².